The fourth-order valence-electron chi connectivity index (χ4n) is 6.33. The Morgan fingerprint density at radius 3 is 1.04 bits per heavy atom. The van der Waals surface area contributed by atoms with Crippen molar-refractivity contribution in [2.75, 3.05) is 0 Å². The molecule has 1 nitrogen and oxygen atoms in total. The van der Waals surface area contributed by atoms with Crippen molar-refractivity contribution in [3.63, 3.8) is 0 Å². The molecule has 0 saturated carbocycles. The molecule has 0 fully saturated rings. The fraction of sp³-hybridized carbons (Fsp3) is 0. The van der Waals surface area contributed by atoms with E-state index in [1.165, 1.54) is 32.7 Å². The number of fused-ring (bicyclic) bond motifs is 4. The lowest BCUT2D eigenvalue weighted by Gasteiger charge is -2.14. The van der Waals surface area contributed by atoms with Crippen LogP contribution in [0.5, 0.6) is 11.5 Å². The molecule has 0 unspecified atom stereocenters. The molecule has 8 rings (SSSR count). The lowest BCUT2D eigenvalue weighted by Crippen LogP contribution is -1.90. The molecule has 0 aliphatic heterocycles. The van der Waals surface area contributed by atoms with Crippen molar-refractivity contribution in [1.82, 2.24) is 0 Å². The van der Waals surface area contributed by atoms with Crippen LogP contribution in [0.15, 0.2) is 158 Å². The molecule has 0 radical (unpaired) electrons. The minimum atomic E-state index is 0.845. The predicted octanol–water partition coefficient (Wildman–Crippen LogP) is 12.4. The number of ether oxygens (including phenoxy) is 1. The summed E-state index contributed by atoms with van der Waals surface area (Å²) in [4.78, 5) is 0. The van der Waals surface area contributed by atoms with Crippen LogP contribution < -0.4 is 4.74 Å². The zero-order valence-electron chi connectivity index (χ0n) is 24.7. The molecule has 1 heteroatoms. The Bertz CT molecular complexity index is 2230. The lowest BCUT2D eigenvalue weighted by molar-refractivity contribution is 0.494. The van der Waals surface area contributed by atoms with E-state index in [0.29, 0.717) is 0 Å². The fourth-order valence-corrected chi connectivity index (χ4v) is 6.33. The molecule has 0 N–H and O–H groups in total. The van der Waals surface area contributed by atoms with Gasteiger partial charge in [-0.2, -0.15) is 0 Å². The van der Waals surface area contributed by atoms with Gasteiger partial charge in [-0.3, -0.25) is 0 Å². The normalized spacial score (nSPS) is 11.8. The predicted molar refractivity (Wildman–Crippen MR) is 194 cm³/mol. The molecular formula is C44H30O. The van der Waals surface area contributed by atoms with Crippen molar-refractivity contribution < 1.29 is 4.74 Å². The molecule has 8 aromatic rings. The van der Waals surface area contributed by atoms with E-state index in [0.717, 1.165) is 44.2 Å². The lowest BCUT2D eigenvalue weighted by atomic mass is 10.00. The summed E-state index contributed by atoms with van der Waals surface area (Å²) >= 11 is 0. The van der Waals surface area contributed by atoms with Crippen LogP contribution in [0.3, 0.4) is 0 Å². The van der Waals surface area contributed by atoms with Gasteiger partial charge in [0.1, 0.15) is 11.5 Å². The summed E-state index contributed by atoms with van der Waals surface area (Å²) in [5.74, 6) is 1.69. The Morgan fingerprint density at radius 2 is 0.600 bits per heavy atom. The van der Waals surface area contributed by atoms with E-state index in [1.807, 2.05) is 0 Å². The molecule has 45 heavy (non-hydrogen) atoms. The highest BCUT2D eigenvalue weighted by molar-refractivity contribution is 6.01. The first kappa shape index (κ1) is 26.7. The summed E-state index contributed by atoms with van der Waals surface area (Å²) in [7, 11) is 0. The zero-order chi connectivity index (χ0) is 30.0. The van der Waals surface area contributed by atoms with Crippen LogP contribution in [0.4, 0.5) is 0 Å². The van der Waals surface area contributed by atoms with Crippen molar-refractivity contribution in [2.24, 2.45) is 0 Å². The molecular weight excluding hydrogens is 544 g/mol. The first-order valence-corrected chi connectivity index (χ1v) is 15.3. The highest BCUT2D eigenvalue weighted by atomic mass is 16.5. The Hall–Kier alpha value is -5.92. The summed E-state index contributed by atoms with van der Waals surface area (Å²) in [5, 5.41) is 9.48. The second kappa shape index (κ2) is 11.6. The van der Waals surface area contributed by atoms with E-state index in [-0.39, 0.29) is 0 Å². The number of benzene rings is 8. The summed E-state index contributed by atoms with van der Waals surface area (Å²) in [6.45, 7) is 0. The third-order valence-electron chi connectivity index (χ3n) is 8.59. The highest BCUT2D eigenvalue weighted by Crippen LogP contribution is 2.37. The quantitative estimate of drug-likeness (QED) is 0.180. The molecule has 0 amide bonds. The molecule has 0 heterocycles. The first-order valence-electron chi connectivity index (χ1n) is 15.3. The van der Waals surface area contributed by atoms with Gasteiger partial charge in [-0.05, 0) is 66.7 Å². The zero-order valence-corrected chi connectivity index (χ0v) is 24.7. The van der Waals surface area contributed by atoms with Crippen LogP contribution in [0.1, 0.15) is 22.3 Å². The maximum atomic E-state index is 6.71. The minimum Gasteiger partial charge on any atom is -0.456 e. The van der Waals surface area contributed by atoms with E-state index >= 15 is 0 Å². The van der Waals surface area contributed by atoms with Gasteiger partial charge in [-0.25, -0.2) is 0 Å². The van der Waals surface area contributed by atoms with Crippen molar-refractivity contribution >= 4 is 67.4 Å². The average Bonchev–Trinajstić information content (AvgIpc) is 3.11. The van der Waals surface area contributed by atoms with Gasteiger partial charge in [0, 0.05) is 10.8 Å². The van der Waals surface area contributed by atoms with Crippen molar-refractivity contribution in [2.45, 2.75) is 0 Å². The SMILES string of the molecule is C(=Cc1ccc(Oc2ccc(C=Cc3cccc4ccccc34)c3ccccc23)c2ccccc12)c1cccc2ccccc12. The van der Waals surface area contributed by atoms with Gasteiger partial charge in [-0.15, -0.1) is 0 Å². The van der Waals surface area contributed by atoms with E-state index in [1.54, 1.807) is 0 Å². The standard InChI is InChI=1S/C44H30O/c1-3-17-37-31(11-1)13-9-15-33(37)23-25-35-27-29-43(41-21-7-5-19-39(35)41)45-44-30-28-36(40-20-6-8-22-42(40)44)26-24-34-16-10-14-32-12-2-4-18-38(32)34/h1-30H. The van der Waals surface area contributed by atoms with E-state index < -0.39 is 0 Å². The van der Waals surface area contributed by atoms with Gasteiger partial charge >= 0.3 is 0 Å². The first-order chi connectivity index (χ1) is 22.3. The topological polar surface area (TPSA) is 9.23 Å². The van der Waals surface area contributed by atoms with Gasteiger partial charge in [0.15, 0.2) is 0 Å². The van der Waals surface area contributed by atoms with Crippen LogP contribution in [-0.2, 0) is 0 Å². The highest BCUT2D eigenvalue weighted by Gasteiger charge is 2.11. The van der Waals surface area contributed by atoms with Gasteiger partial charge in [-0.1, -0.05) is 170 Å². The van der Waals surface area contributed by atoms with Gasteiger partial charge in [0.2, 0.25) is 0 Å². The van der Waals surface area contributed by atoms with Crippen LogP contribution in [0, 0.1) is 0 Å². The summed E-state index contributed by atoms with van der Waals surface area (Å²) < 4.78 is 6.71. The van der Waals surface area contributed by atoms with Crippen LogP contribution in [0.25, 0.3) is 67.4 Å². The van der Waals surface area contributed by atoms with E-state index in [2.05, 4.69) is 182 Å². The number of hydrogen-bond acceptors (Lipinski definition) is 1. The van der Waals surface area contributed by atoms with Crippen LogP contribution in [0.2, 0.25) is 0 Å². The van der Waals surface area contributed by atoms with Crippen molar-refractivity contribution in [3.8, 4) is 11.5 Å². The maximum Gasteiger partial charge on any atom is 0.135 e. The maximum absolute atomic E-state index is 6.71. The van der Waals surface area contributed by atoms with Gasteiger partial charge in [0.25, 0.3) is 0 Å². The monoisotopic (exact) mass is 574 g/mol. The Labute approximate surface area is 263 Å². The molecule has 0 saturated heterocycles. The second-order valence-electron chi connectivity index (χ2n) is 11.3. The van der Waals surface area contributed by atoms with Gasteiger partial charge < -0.3 is 4.74 Å². The summed E-state index contributed by atoms with van der Waals surface area (Å²) in [6.07, 6.45) is 8.84. The van der Waals surface area contributed by atoms with Crippen molar-refractivity contribution in [1.29, 1.82) is 0 Å². The third kappa shape index (κ3) is 5.15. The van der Waals surface area contributed by atoms with Gasteiger partial charge in [0.05, 0.1) is 0 Å². The summed E-state index contributed by atoms with van der Waals surface area (Å²) in [5.41, 5.74) is 4.73. The minimum absolute atomic E-state index is 0.845. The molecule has 212 valence electrons. The summed E-state index contributed by atoms with van der Waals surface area (Å²) in [6, 6.07) is 55.4. The second-order valence-corrected chi connectivity index (χ2v) is 11.3. The Balaban J connectivity index is 1.14. The third-order valence-corrected chi connectivity index (χ3v) is 8.59. The van der Waals surface area contributed by atoms with Crippen LogP contribution in [-0.4, -0.2) is 0 Å². The molecule has 0 bridgehead atoms. The Kier molecular flexibility index (Phi) is 6.90. The largest absolute Gasteiger partial charge is 0.456 e. The molecule has 0 aliphatic carbocycles. The molecule has 0 spiro atoms. The molecule has 0 aromatic heterocycles. The molecule has 0 aliphatic rings. The smallest absolute Gasteiger partial charge is 0.135 e. The Morgan fingerprint density at radius 1 is 0.267 bits per heavy atom. The van der Waals surface area contributed by atoms with E-state index in [4.69, 9.17) is 4.74 Å². The molecule has 0 atom stereocenters. The molecule has 8 aromatic carbocycles. The van der Waals surface area contributed by atoms with E-state index in [9.17, 15) is 0 Å². The number of hydrogen-bond donors (Lipinski definition) is 0. The van der Waals surface area contributed by atoms with Crippen molar-refractivity contribution in [3.05, 3.63) is 180 Å². The van der Waals surface area contributed by atoms with Crippen LogP contribution >= 0.6 is 0 Å². The average molecular weight is 575 g/mol. The number of rotatable bonds is 6.